The fourth-order valence-electron chi connectivity index (χ4n) is 2.66. The molecule has 0 unspecified atom stereocenters. The molecule has 1 aliphatic heterocycles. The second kappa shape index (κ2) is 4.76. The van der Waals surface area contributed by atoms with E-state index in [0.717, 1.165) is 18.5 Å². The smallest absolute Gasteiger partial charge is 0.319 e. The second-order valence-corrected chi connectivity index (χ2v) is 4.82. The molecular formula is C16H16N2O. The van der Waals surface area contributed by atoms with Gasteiger partial charge in [-0.3, -0.25) is 4.90 Å². The third kappa shape index (κ3) is 2.19. The second-order valence-electron chi connectivity index (χ2n) is 4.82. The number of amides is 2. The van der Waals surface area contributed by atoms with E-state index >= 15 is 0 Å². The number of carbonyl (C=O) groups excluding carboxylic acids is 1. The van der Waals surface area contributed by atoms with Gasteiger partial charge in [-0.05, 0) is 35.6 Å². The molecule has 3 nitrogen and oxygen atoms in total. The minimum absolute atomic E-state index is 0.399. The molecule has 3 rings (SSSR count). The Bertz CT molecular complexity index is 622. The van der Waals surface area contributed by atoms with Crippen molar-refractivity contribution < 1.29 is 4.79 Å². The Morgan fingerprint density at radius 2 is 1.47 bits per heavy atom. The molecule has 3 heteroatoms. The van der Waals surface area contributed by atoms with Gasteiger partial charge >= 0.3 is 6.03 Å². The van der Waals surface area contributed by atoms with Crippen molar-refractivity contribution in [2.24, 2.45) is 5.73 Å². The van der Waals surface area contributed by atoms with E-state index in [1.807, 2.05) is 30.3 Å². The number of nitrogens with zero attached hydrogens (tertiary/aromatic N) is 1. The fourth-order valence-corrected chi connectivity index (χ4v) is 2.66. The van der Waals surface area contributed by atoms with Gasteiger partial charge in [0.25, 0.3) is 0 Å². The molecule has 2 N–H and O–H groups in total. The summed E-state index contributed by atoms with van der Waals surface area (Å²) in [6.07, 6.45) is 1.93. The molecule has 2 aromatic carbocycles. The molecule has 0 saturated heterocycles. The van der Waals surface area contributed by atoms with Crippen LogP contribution >= 0.6 is 0 Å². The highest BCUT2D eigenvalue weighted by atomic mass is 16.2. The normalized spacial score (nSPS) is 14.0. The molecule has 0 bridgehead atoms. The van der Waals surface area contributed by atoms with Gasteiger partial charge in [0.05, 0.1) is 6.54 Å². The molecule has 0 saturated carbocycles. The van der Waals surface area contributed by atoms with E-state index in [0.29, 0.717) is 6.54 Å². The van der Waals surface area contributed by atoms with Crippen molar-refractivity contribution in [3.63, 3.8) is 0 Å². The fraction of sp³-hybridized carbons (Fsp3) is 0.188. The Hall–Kier alpha value is -2.29. The highest BCUT2D eigenvalue weighted by Crippen LogP contribution is 2.27. The van der Waals surface area contributed by atoms with Gasteiger partial charge in [-0.25, -0.2) is 4.79 Å². The molecule has 1 heterocycles. The van der Waals surface area contributed by atoms with E-state index < -0.39 is 6.03 Å². The van der Waals surface area contributed by atoms with Gasteiger partial charge in [0.2, 0.25) is 0 Å². The van der Waals surface area contributed by atoms with Gasteiger partial charge in [-0.1, -0.05) is 42.5 Å². The lowest BCUT2D eigenvalue weighted by atomic mass is 9.96. The van der Waals surface area contributed by atoms with Crippen LogP contribution in [-0.2, 0) is 19.4 Å². The predicted molar refractivity (Wildman–Crippen MR) is 76.1 cm³/mol. The van der Waals surface area contributed by atoms with Gasteiger partial charge in [-0.15, -0.1) is 0 Å². The molecule has 0 aliphatic carbocycles. The quantitative estimate of drug-likeness (QED) is 0.770. The average Bonchev–Trinajstić information content (AvgIpc) is 2.41. The van der Waals surface area contributed by atoms with Crippen molar-refractivity contribution in [1.29, 1.82) is 0 Å². The molecule has 2 aromatic rings. The number of nitrogens with two attached hydrogens (primary N) is 1. The highest BCUT2D eigenvalue weighted by Gasteiger charge is 2.20. The summed E-state index contributed by atoms with van der Waals surface area (Å²) in [7, 11) is 0. The zero-order valence-corrected chi connectivity index (χ0v) is 10.7. The first-order valence-corrected chi connectivity index (χ1v) is 6.47. The molecule has 0 spiro atoms. The van der Waals surface area contributed by atoms with Crippen LogP contribution < -0.4 is 10.6 Å². The SMILES string of the molecule is NC(=O)N1Cc2ccccc2CCc2ccccc21. The summed E-state index contributed by atoms with van der Waals surface area (Å²) >= 11 is 0. The topological polar surface area (TPSA) is 46.3 Å². The van der Waals surface area contributed by atoms with E-state index in [1.54, 1.807) is 4.90 Å². The van der Waals surface area contributed by atoms with Crippen molar-refractivity contribution in [1.82, 2.24) is 0 Å². The van der Waals surface area contributed by atoms with Crippen molar-refractivity contribution in [2.45, 2.75) is 19.4 Å². The Morgan fingerprint density at radius 3 is 2.21 bits per heavy atom. The maximum Gasteiger partial charge on any atom is 0.319 e. The number of rotatable bonds is 0. The van der Waals surface area contributed by atoms with Gasteiger partial charge in [0, 0.05) is 5.69 Å². The molecule has 96 valence electrons. The molecule has 1 aliphatic rings. The van der Waals surface area contributed by atoms with Crippen LogP contribution in [0.25, 0.3) is 0 Å². The van der Waals surface area contributed by atoms with Gasteiger partial charge in [0.15, 0.2) is 0 Å². The monoisotopic (exact) mass is 252 g/mol. The first-order valence-electron chi connectivity index (χ1n) is 6.47. The first-order chi connectivity index (χ1) is 9.25. The van der Waals surface area contributed by atoms with E-state index in [2.05, 4.69) is 18.2 Å². The summed E-state index contributed by atoms with van der Waals surface area (Å²) < 4.78 is 0. The number of anilines is 1. The lowest BCUT2D eigenvalue weighted by Crippen LogP contribution is -2.36. The number of para-hydroxylation sites is 1. The molecule has 0 aromatic heterocycles. The zero-order chi connectivity index (χ0) is 13.2. The highest BCUT2D eigenvalue weighted by molar-refractivity contribution is 5.91. The Morgan fingerprint density at radius 1 is 0.895 bits per heavy atom. The number of benzene rings is 2. The van der Waals surface area contributed by atoms with Crippen LogP contribution in [0.3, 0.4) is 0 Å². The number of hydrogen-bond acceptors (Lipinski definition) is 1. The number of primary amides is 1. The van der Waals surface area contributed by atoms with Crippen LogP contribution in [0.1, 0.15) is 16.7 Å². The van der Waals surface area contributed by atoms with Crippen LogP contribution in [0, 0.1) is 0 Å². The first kappa shape index (κ1) is 11.8. The van der Waals surface area contributed by atoms with Crippen molar-refractivity contribution in [3.8, 4) is 0 Å². The molecule has 2 amide bonds. The van der Waals surface area contributed by atoms with Gasteiger partial charge in [0.1, 0.15) is 0 Å². The van der Waals surface area contributed by atoms with Crippen molar-refractivity contribution >= 4 is 11.7 Å². The zero-order valence-electron chi connectivity index (χ0n) is 10.7. The molecule has 0 fully saturated rings. The summed E-state index contributed by atoms with van der Waals surface area (Å²) in [4.78, 5) is 13.4. The van der Waals surface area contributed by atoms with Crippen molar-refractivity contribution in [2.75, 3.05) is 4.90 Å². The molecule has 0 atom stereocenters. The Kier molecular flexibility index (Phi) is 2.95. The van der Waals surface area contributed by atoms with Crippen LogP contribution in [-0.4, -0.2) is 6.03 Å². The average molecular weight is 252 g/mol. The van der Waals surface area contributed by atoms with Gasteiger partial charge in [-0.2, -0.15) is 0 Å². The summed E-state index contributed by atoms with van der Waals surface area (Å²) in [5.74, 6) is 0. The number of urea groups is 1. The Labute approximate surface area is 112 Å². The van der Waals surface area contributed by atoms with Crippen molar-refractivity contribution in [3.05, 3.63) is 65.2 Å². The predicted octanol–water partition coefficient (Wildman–Crippen LogP) is 2.87. The Balaban J connectivity index is 2.09. The summed E-state index contributed by atoms with van der Waals surface area (Å²) in [5.41, 5.74) is 10.1. The summed E-state index contributed by atoms with van der Waals surface area (Å²) in [6.45, 7) is 0.544. The minimum atomic E-state index is -0.399. The van der Waals surface area contributed by atoms with E-state index in [4.69, 9.17) is 5.73 Å². The van der Waals surface area contributed by atoms with E-state index in [9.17, 15) is 4.79 Å². The maximum atomic E-state index is 11.7. The number of aryl methyl sites for hydroxylation is 2. The maximum absolute atomic E-state index is 11.7. The largest absolute Gasteiger partial charge is 0.351 e. The molecule has 19 heavy (non-hydrogen) atoms. The van der Waals surface area contributed by atoms with Crippen LogP contribution in [0.15, 0.2) is 48.5 Å². The minimum Gasteiger partial charge on any atom is -0.351 e. The number of carbonyl (C=O) groups is 1. The van der Waals surface area contributed by atoms with Crippen LogP contribution in [0.4, 0.5) is 10.5 Å². The van der Waals surface area contributed by atoms with Crippen LogP contribution in [0.5, 0.6) is 0 Å². The van der Waals surface area contributed by atoms with Gasteiger partial charge < -0.3 is 5.73 Å². The van der Waals surface area contributed by atoms with E-state index in [1.165, 1.54) is 16.7 Å². The summed E-state index contributed by atoms with van der Waals surface area (Å²) in [5, 5.41) is 0. The third-order valence-electron chi connectivity index (χ3n) is 3.66. The molecule has 0 radical (unpaired) electrons. The molecular weight excluding hydrogens is 236 g/mol. The van der Waals surface area contributed by atoms with Crippen LogP contribution in [0.2, 0.25) is 0 Å². The standard InChI is InChI=1S/C16H16N2O/c17-16(19)18-11-14-7-2-1-5-12(14)9-10-13-6-3-4-8-15(13)18/h1-8H,9-11H2,(H2,17,19). The van der Waals surface area contributed by atoms with E-state index in [-0.39, 0.29) is 0 Å². The number of fused-ring (bicyclic) bond motifs is 2. The lowest BCUT2D eigenvalue weighted by molar-refractivity contribution is 0.253. The third-order valence-corrected chi connectivity index (χ3v) is 3.66. The summed E-state index contributed by atoms with van der Waals surface area (Å²) in [6, 6.07) is 15.8. The number of hydrogen-bond donors (Lipinski definition) is 1. The lowest BCUT2D eigenvalue weighted by Gasteiger charge is -2.27.